The van der Waals surface area contributed by atoms with Crippen LogP contribution in [0.1, 0.15) is 0 Å². The monoisotopic (exact) mass is 317 g/mol. The lowest BCUT2D eigenvalue weighted by atomic mass is 10.2. The van der Waals surface area contributed by atoms with Gasteiger partial charge in [0.15, 0.2) is 5.13 Å². The third-order valence-corrected chi connectivity index (χ3v) is 3.92. The predicted octanol–water partition coefficient (Wildman–Crippen LogP) is 3.31. The van der Waals surface area contributed by atoms with E-state index in [0.29, 0.717) is 0 Å². The summed E-state index contributed by atoms with van der Waals surface area (Å²) < 4.78 is 0. The van der Waals surface area contributed by atoms with Gasteiger partial charge >= 0.3 is 0 Å². The molecule has 1 saturated heterocycles. The number of nitrogens with zero attached hydrogens (tertiary/aromatic N) is 3. The van der Waals surface area contributed by atoms with E-state index in [9.17, 15) is 0 Å². The van der Waals surface area contributed by atoms with Crippen LogP contribution in [0.3, 0.4) is 0 Å². The van der Waals surface area contributed by atoms with Crippen LogP contribution in [0, 0.1) is 0 Å². The summed E-state index contributed by atoms with van der Waals surface area (Å²) in [6.07, 6.45) is 1.88. The number of aromatic nitrogens is 1. The number of hydrogen-bond donors (Lipinski definition) is 0. The van der Waals surface area contributed by atoms with Gasteiger partial charge in [0.25, 0.3) is 0 Å². The molecule has 0 amide bonds. The zero-order valence-electron chi connectivity index (χ0n) is 10.4. The molecule has 1 fully saturated rings. The van der Waals surface area contributed by atoms with Gasteiger partial charge in [-0.15, -0.1) is 36.2 Å². The van der Waals surface area contributed by atoms with E-state index < -0.39 is 0 Å². The van der Waals surface area contributed by atoms with E-state index in [-0.39, 0.29) is 24.8 Å². The summed E-state index contributed by atoms with van der Waals surface area (Å²) in [7, 11) is 0. The second-order valence-corrected chi connectivity index (χ2v) is 5.00. The fourth-order valence-corrected chi connectivity index (χ4v) is 2.86. The summed E-state index contributed by atoms with van der Waals surface area (Å²) in [4.78, 5) is 9.16. The van der Waals surface area contributed by atoms with Crippen molar-refractivity contribution < 1.29 is 0 Å². The third-order valence-electron chi connectivity index (χ3n) is 3.09. The maximum atomic E-state index is 4.36. The number of hydrogen-bond acceptors (Lipinski definition) is 4. The van der Waals surface area contributed by atoms with Crippen LogP contribution >= 0.6 is 36.2 Å². The van der Waals surface area contributed by atoms with Crippen molar-refractivity contribution in [1.29, 1.82) is 0 Å². The Bertz CT molecular complexity index is 456. The van der Waals surface area contributed by atoms with Gasteiger partial charge in [-0.1, -0.05) is 18.2 Å². The molecule has 0 radical (unpaired) electrons. The number of thiazole rings is 1. The summed E-state index contributed by atoms with van der Waals surface area (Å²) in [6, 6.07) is 10.6. The van der Waals surface area contributed by atoms with Crippen LogP contribution < -0.4 is 9.80 Å². The van der Waals surface area contributed by atoms with E-state index in [1.165, 1.54) is 5.69 Å². The molecular weight excluding hydrogens is 301 g/mol. The molecule has 3 rings (SSSR count). The van der Waals surface area contributed by atoms with Gasteiger partial charge < -0.3 is 9.80 Å². The molecule has 0 aliphatic carbocycles. The molecule has 1 aliphatic heterocycles. The van der Waals surface area contributed by atoms with Crippen molar-refractivity contribution in [3.63, 3.8) is 0 Å². The van der Waals surface area contributed by atoms with E-state index >= 15 is 0 Å². The summed E-state index contributed by atoms with van der Waals surface area (Å²) >= 11 is 1.72. The van der Waals surface area contributed by atoms with E-state index in [0.717, 1.165) is 31.3 Å². The summed E-state index contributed by atoms with van der Waals surface area (Å²) in [6.45, 7) is 4.26. The maximum absolute atomic E-state index is 4.36. The first-order chi connectivity index (χ1) is 8.43. The Hall–Kier alpha value is -0.970. The normalized spacial score (nSPS) is 14.5. The zero-order valence-corrected chi connectivity index (χ0v) is 12.9. The minimum absolute atomic E-state index is 0. The van der Waals surface area contributed by atoms with Crippen LogP contribution in [0.15, 0.2) is 41.9 Å². The first-order valence-electron chi connectivity index (χ1n) is 5.88. The molecule has 104 valence electrons. The van der Waals surface area contributed by atoms with Crippen LogP contribution in [0.4, 0.5) is 10.8 Å². The second-order valence-electron chi connectivity index (χ2n) is 4.12. The van der Waals surface area contributed by atoms with Gasteiger partial charge in [-0.05, 0) is 12.1 Å². The third kappa shape index (κ3) is 3.75. The summed E-state index contributed by atoms with van der Waals surface area (Å²) in [5, 5.41) is 3.19. The van der Waals surface area contributed by atoms with Gasteiger partial charge in [0.2, 0.25) is 0 Å². The van der Waals surface area contributed by atoms with Gasteiger partial charge in [-0.25, -0.2) is 4.98 Å². The van der Waals surface area contributed by atoms with Gasteiger partial charge in [0, 0.05) is 43.4 Å². The predicted molar refractivity (Wildman–Crippen MR) is 87.5 cm³/mol. The Morgan fingerprint density at radius 3 is 2.11 bits per heavy atom. The van der Waals surface area contributed by atoms with E-state index in [1.807, 2.05) is 11.6 Å². The first kappa shape index (κ1) is 16.1. The second kappa shape index (κ2) is 7.58. The number of piperazine rings is 1. The molecular formula is C13H17Cl2N3S. The van der Waals surface area contributed by atoms with Crippen LogP contribution in [0.25, 0.3) is 0 Å². The Morgan fingerprint density at radius 1 is 0.895 bits per heavy atom. The summed E-state index contributed by atoms with van der Waals surface area (Å²) in [5.74, 6) is 0. The Balaban J connectivity index is 0.000000902. The van der Waals surface area contributed by atoms with Gasteiger partial charge in [0.05, 0.1) is 0 Å². The Morgan fingerprint density at radius 2 is 1.53 bits per heavy atom. The fraction of sp³-hybridized carbons (Fsp3) is 0.308. The highest BCUT2D eigenvalue weighted by Crippen LogP contribution is 2.21. The molecule has 1 aliphatic rings. The first-order valence-corrected chi connectivity index (χ1v) is 6.76. The molecule has 0 atom stereocenters. The Kier molecular flexibility index (Phi) is 6.42. The van der Waals surface area contributed by atoms with E-state index in [4.69, 9.17) is 0 Å². The SMILES string of the molecule is Cl.Cl.c1ccc(N2CCN(c3nccs3)CC2)cc1. The van der Waals surface area contributed by atoms with Gasteiger partial charge in [0.1, 0.15) is 0 Å². The van der Waals surface area contributed by atoms with Crippen molar-refractivity contribution in [3.05, 3.63) is 41.9 Å². The standard InChI is InChI=1S/C13H15N3S.2ClH/c1-2-4-12(5-3-1)15-7-9-16(10-8-15)13-14-6-11-17-13;;/h1-6,11H,7-10H2;2*1H. The zero-order chi connectivity index (χ0) is 11.5. The van der Waals surface area contributed by atoms with Crippen LogP contribution in [0.5, 0.6) is 0 Å². The lowest BCUT2D eigenvalue weighted by Gasteiger charge is -2.35. The quantitative estimate of drug-likeness (QED) is 0.847. The van der Waals surface area contributed by atoms with Crippen molar-refractivity contribution in [1.82, 2.24) is 4.98 Å². The number of anilines is 2. The van der Waals surface area contributed by atoms with Crippen LogP contribution in [0.2, 0.25) is 0 Å². The molecule has 1 aromatic carbocycles. The average molecular weight is 318 g/mol. The number of benzene rings is 1. The van der Waals surface area contributed by atoms with Crippen molar-refractivity contribution >= 4 is 47.0 Å². The minimum atomic E-state index is 0. The molecule has 0 spiro atoms. The molecule has 0 saturated carbocycles. The summed E-state index contributed by atoms with van der Waals surface area (Å²) in [5.41, 5.74) is 1.33. The highest BCUT2D eigenvalue weighted by Gasteiger charge is 2.18. The lowest BCUT2D eigenvalue weighted by molar-refractivity contribution is 0.652. The molecule has 1 aromatic heterocycles. The molecule has 0 bridgehead atoms. The molecule has 6 heteroatoms. The smallest absolute Gasteiger partial charge is 0.185 e. The minimum Gasteiger partial charge on any atom is -0.368 e. The highest BCUT2D eigenvalue weighted by atomic mass is 35.5. The molecule has 3 nitrogen and oxygen atoms in total. The molecule has 0 N–H and O–H groups in total. The van der Waals surface area contributed by atoms with Crippen molar-refractivity contribution in [2.75, 3.05) is 36.0 Å². The van der Waals surface area contributed by atoms with Crippen molar-refractivity contribution in [2.24, 2.45) is 0 Å². The van der Waals surface area contributed by atoms with Crippen molar-refractivity contribution in [2.45, 2.75) is 0 Å². The molecule has 19 heavy (non-hydrogen) atoms. The molecule has 2 aromatic rings. The number of rotatable bonds is 2. The van der Waals surface area contributed by atoms with Crippen LogP contribution in [-0.2, 0) is 0 Å². The van der Waals surface area contributed by atoms with Gasteiger partial charge in [-0.3, -0.25) is 0 Å². The van der Waals surface area contributed by atoms with E-state index in [1.54, 1.807) is 11.3 Å². The number of para-hydroxylation sites is 1. The fourth-order valence-electron chi connectivity index (χ4n) is 2.17. The van der Waals surface area contributed by atoms with Crippen molar-refractivity contribution in [3.8, 4) is 0 Å². The van der Waals surface area contributed by atoms with E-state index in [2.05, 4.69) is 45.1 Å². The maximum Gasteiger partial charge on any atom is 0.185 e. The topological polar surface area (TPSA) is 19.4 Å². The number of halogens is 2. The largest absolute Gasteiger partial charge is 0.368 e. The average Bonchev–Trinajstić information content (AvgIpc) is 2.94. The Labute approximate surface area is 130 Å². The van der Waals surface area contributed by atoms with Crippen LogP contribution in [-0.4, -0.2) is 31.2 Å². The molecule has 2 heterocycles. The molecule has 0 unspecified atom stereocenters. The lowest BCUT2D eigenvalue weighted by Crippen LogP contribution is -2.46. The van der Waals surface area contributed by atoms with Gasteiger partial charge in [-0.2, -0.15) is 0 Å². The highest BCUT2D eigenvalue weighted by molar-refractivity contribution is 7.13.